The normalized spacial score (nSPS) is 9.33. The van der Waals surface area contributed by atoms with Gasteiger partial charge in [-0.1, -0.05) is 42.5 Å². The van der Waals surface area contributed by atoms with Crippen molar-refractivity contribution < 1.29 is 0 Å². The molecule has 2 aromatic carbocycles. The number of para-hydroxylation sites is 1. The fraction of sp³-hybridized carbons (Fsp3) is 0. The largest absolute Gasteiger partial charge is 0.397 e. The third-order valence-electron chi connectivity index (χ3n) is 2.22. The first-order valence-electron chi connectivity index (χ1n) is 4.48. The van der Waals surface area contributed by atoms with E-state index in [9.17, 15) is 0 Å². The van der Waals surface area contributed by atoms with Crippen molar-refractivity contribution in [3.63, 3.8) is 0 Å². The molecular formula is C12H15N3. The summed E-state index contributed by atoms with van der Waals surface area (Å²) in [5.74, 6) is 0. The molecule has 0 aliphatic heterocycles. The molecule has 0 aliphatic rings. The van der Waals surface area contributed by atoms with Gasteiger partial charge in [-0.05, 0) is 11.6 Å². The zero-order valence-electron chi connectivity index (χ0n) is 8.48. The van der Waals surface area contributed by atoms with Crippen LogP contribution in [-0.4, -0.2) is 0 Å². The molecule has 0 amide bonds. The first-order chi connectivity index (χ1) is 6.79. The molecule has 0 saturated carbocycles. The summed E-state index contributed by atoms with van der Waals surface area (Å²) in [5, 5.41) is 0. The second-order valence-electron chi connectivity index (χ2n) is 3.17. The van der Waals surface area contributed by atoms with E-state index in [2.05, 4.69) is 0 Å². The summed E-state index contributed by atoms with van der Waals surface area (Å²) in [6, 6.07) is 15.7. The molecule has 2 rings (SSSR count). The van der Waals surface area contributed by atoms with E-state index in [-0.39, 0.29) is 6.15 Å². The summed E-state index contributed by atoms with van der Waals surface area (Å²) in [5.41, 5.74) is 15.0. The zero-order chi connectivity index (χ0) is 9.97. The van der Waals surface area contributed by atoms with Crippen molar-refractivity contribution in [2.45, 2.75) is 0 Å². The minimum absolute atomic E-state index is 0. The van der Waals surface area contributed by atoms with Crippen LogP contribution in [0.2, 0.25) is 0 Å². The number of nitrogen functional groups attached to an aromatic ring is 2. The van der Waals surface area contributed by atoms with Gasteiger partial charge in [-0.25, -0.2) is 0 Å². The van der Waals surface area contributed by atoms with E-state index in [1.165, 1.54) is 0 Å². The Morgan fingerprint density at radius 3 is 2.07 bits per heavy atom. The van der Waals surface area contributed by atoms with Gasteiger partial charge in [0, 0.05) is 5.56 Å². The molecule has 3 nitrogen and oxygen atoms in total. The summed E-state index contributed by atoms with van der Waals surface area (Å²) in [6.07, 6.45) is 0. The summed E-state index contributed by atoms with van der Waals surface area (Å²) >= 11 is 0. The lowest BCUT2D eigenvalue weighted by Gasteiger charge is -2.07. The summed E-state index contributed by atoms with van der Waals surface area (Å²) in [7, 11) is 0. The molecular weight excluding hydrogens is 186 g/mol. The summed E-state index contributed by atoms with van der Waals surface area (Å²) < 4.78 is 0. The fourth-order valence-electron chi connectivity index (χ4n) is 1.45. The van der Waals surface area contributed by atoms with Crippen LogP contribution in [0, 0.1) is 0 Å². The van der Waals surface area contributed by atoms with Gasteiger partial charge >= 0.3 is 0 Å². The molecule has 0 bridgehead atoms. The Hall–Kier alpha value is -2.00. The highest BCUT2D eigenvalue weighted by atomic mass is 14.7. The Bertz CT molecular complexity index is 438. The van der Waals surface area contributed by atoms with Gasteiger partial charge < -0.3 is 17.6 Å². The van der Waals surface area contributed by atoms with Gasteiger partial charge in [0.15, 0.2) is 0 Å². The minimum Gasteiger partial charge on any atom is -0.397 e. The van der Waals surface area contributed by atoms with Crippen LogP contribution in [0.5, 0.6) is 0 Å². The monoisotopic (exact) mass is 201 g/mol. The van der Waals surface area contributed by atoms with E-state index in [4.69, 9.17) is 11.5 Å². The zero-order valence-corrected chi connectivity index (χ0v) is 8.48. The Morgan fingerprint density at radius 1 is 0.733 bits per heavy atom. The lowest BCUT2D eigenvalue weighted by Crippen LogP contribution is -1.96. The SMILES string of the molecule is N.Nc1cccc(-c2ccccc2)c1N. The van der Waals surface area contributed by atoms with Gasteiger partial charge in [0.05, 0.1) is 11.4 Å². The quantitative estimate of drug-likeness (QED) is 0.620. The van der Waals surface area contributed by atoms with Crippen LogP contribution in [0.4, 0.5) is 11.4 Å². The van der Waals surface area contributed by atoms with Crippen LogP contribution in [-0.2, 0) is 0 Å². The molecule has 0 saturated heterocycles. The Kier molecular flexibility index (Phi) is 3.31. The van der Waals surface area contributed by atoms with E-state index >= 15 is 0 Å². The first kappa shape index (κ1) is 11.1. The second kappa shape index (κ2) is 4.48. The standard InChI is InChI=1S/C12H12N2.H3N/c13-11-8-4-7-10(12(11)14)9-5-2-1-3-6-9;/h1-8H,13-14H2;1H3. The second-order valence-corrected chi connectivity index (χ2v) is 3.17. The van der Waals surface area contributed by atoms with Crippen LogP contribution >= 0.6 is 0 Å². The third kappa shape index (κ3) is 2.08. The molecule has 7 N–H and O–H groups in total. The highest BCUT2D eigenvalue weighted by Gasteiger charge is 2.03. The minimum atomic E-state index is 0. The predicted octanol–water partition coefficient (Wildman–Crippen LogP) is 2.68. The Balaban J connectivity index is 0.00000112. The van der Waals surface area contributed by atoms with Crippen molar-refractivity contribution >= 4 is 11.4 Å². The maximum Gasteiger partial charge on any atom is 0.0627 e. The Labute approximate surface area is 89.3 Å². The summed E-state index contributed by atoms with van der Waals surface area (Å²) in [6.45, 7) is 0. The van der Waals surface area contributed by atoms with Crippen molar-refractivity contribution in [1.82, 2.24) is 6.15 Å². The van der Waals surface area contributed by atoms with E-state index in [1.807, 2.05) is 48.5 Å². The van der Waals surface area contributed by atoms with E-state index in [0.29, 0.717) is 11.4 Å². The van der Waals surface area contributed by atoms with Gasteiger partial charge in [-0.15, -0.1) is 0 Å². The molecule has 0 unspecified atom stereocenters. The van der Waals surface area contributed by atoms with E-state index in [0.717, 1.165) is 11.1 Å². The summed E-state index contributed by atoms with van der Waals surface area (Å²) in [4.78, 5) is 0. The van der Waals surface area contributed by atoms with Gasteiger partial charge in [0.2, 0.25) is 0 Å². The van der Waals surface area contributed by atoms with E-state index in [1.54, 1.807) is 0 Å². The molecule has 3 heteroatoms. The van der Waals surface area contributed by atoms with Gasteiger partial charge in [0.1, 0.15) is 0 Å². The van der Waals surface area contributed by atoms with Gasteiger partial charge in [-0.3, -0.25) is 0 Å². The number of anilines is 2. The molecule has 0 atom stereocenters. The lowest BCUT2D eigenvalue weighted by molar-refractivity contribution is 1.60. The van der Waals surface area contributed by atoms with Crippen molar-refractivity contribution in [1.29, 1.82) is 0 Å². The van der Waals surface area contributed by atoms with Crippen molar-refractivity contribution in [3.8, 4) is 11.1 Å². The maximum atomic E-state index is 5.89. The van der Waals surface area contributed by atoms with Crippen LogP contribution in [0.3, 0.4) is 0 Å². The van der Waals surface area contributed by atoms with Crippen LogP contribution < -0.4 is 17.6 Å². The average Bonchev–Trinajstić information content (AvgIpc) is 2.23. The molecule has 78 valence electrons. The van der Waals surface area contributed by atoms with Crippen molar-refractivity contribution in [3.05, 3.63) is 48.5 Å². The van der Waals surface area contributed by atoms with Crippen LogP contribution in [0.1, 0.15) is 0 Å². The topological polar surface area (TPSA) is 87.0 Å². The molecule has 2 aromatic rings. The third-order valence-corrected chi connectivity index (χ3v) is 2.22. The number of nitrogens with two attached hydrogens (primary N) is 2. The molecule has 0 radical (unpaired) electrons. The van der Waals surface area contributed by atoms with Crippen LogP contribution in [0.15, 0.2) is 48.5 Å². The fourth-order valence-corrected chi connectivity index (χ4v) is 1.45. The van der Waals surface area contributed by atoms with Crippen molar-refractivity contribution in [2.75, 3.05) is 11.5 Å². The number of benzene rings is 2. The predicted molar refractivity (Wildman–Crippen MR) is 65.7 cm³/mol. The highest BCUT2D eigenvalue weighted by molar-refractivity contribution is 5.84. The molecule has 0 heterocycles. The molecule has 0 aliphatic carbocycles. The lowest BCUT2D eigenvalue weighted by atomic mass is 10.0. The average molecular weight is 201 g/mol. The number of rotatable bonds is 1. The van der Waals surface area contributed by atoms with Crippen molar-refractivity contribution in [2.24, 2.45) is 0 Å². The number of hydrogen-bond acceptors (Lipinski definition) is 3. The molecule has 0 fully saturated rings. The van der Waals surface area contributed by atoms with Gasteiger partial charge in [0.25, 0.3) is 0 Å². The molecule has 0 spiro atoms. The Morgan fingerprint density at radius 2 is 1.40 bits per heavy atom. The smallest absolute Gasteiger partial charge is 0.0627 e. The van der Waals surface area contributed by atoms with E-state index < -0.39 is 0 Å². The molecule has 0 aromatic heterocycles. The first-order valence-corrected chi connectivity index (χ1v) is 4.48. The van der Waals surface area contributed by atoms with Crippen LogP contribution in [0.25, 0.3) is 11.1 Å². The molecule has 15 heavy (non-hydrogen) atoms. The maximum absolute atomic E-state index is 5.89. The van der Waals surface area contributed by atoms with Gasteiger partial charge in [-0.2, -0.15) is 0 Å². The highest BCUT2D eigenvalue weighted by Crippen LogP contribution is 2.29. The number of hydrogen-bond donors (Lipinski definition) is 3.